The van der Waals surface area contributed by atoms with Gasteiger partial charge in [-0.25, -0.2) is 0 Å². The van der Waals surface area contributed by atoms with Crippen molar-refractivity contribution in [3.05, 3.63) is 29.8 Å². The van der Waals surface area contributed by atoms with Crippen LogP contribution in [-0.2, 0) is 9.53 Å². The van der Waals surface area contributed by atoms with Gasteiger partial charge in [-0.1, -0.05) is 12.1 Å². The SMILES string of the molecule is C[C@@H](NCC1(C(N)=O)CCOCC1)c1cccc(OC(F)F)c1. The van der Waals surface area contributed by atoms with Gasteiger partial charge in [-0.2, -0.15) is 8.78 Å². The second kappa shape index (κ2) is 7.70. The molecular formula is C16H22F2N2O3. The van der Waals surface area contributed by atoms with Crippen LogP contribution in [0.15, 0.2) is 24.3 Å². The number of nitrogens with two attached hydrogens (primary N) is 1. The van der Waals surface area contributed by atoms with Gasteiger partial charge < -0.3 is 20.5 Å². The molecule has 0 bridgehead atoms. The van der Waals surface area contributed by atoms with Gasteiger partial charge in [-0.05, 0) is 37.5 Å². The Morgan fingerprint density at radius 3 is 2.74 bits per heavy atom. The Kier molecular flexibility index (Phi) is 5.90. The molecule has 23 heavy (non-hydrogen) atoms. The van der Waals surface area contributed by atoms with Crippen LogP contribution >= 0.6 is 0 Å². The lowest BCUT2D eigenvalue weighted by molar-refractivity contribution is -0.133. The molecule has 1 atom stereocenters. The van der Waals surface area contributed by atoms with Crippen LogP contribution in [0.5, 0.6) is 5.75 Å². The molecule has 128 valence electrons. The predicted octanol–water partition coefficient (Wildman–Crippen LogP) is 2.22. The number of hydrogen-bond acceptors (Lipinski definition) is 4. The van der Waals surface area contributed by atoms with Crippen LogP contribution in [0, 0.1) is 5.41 Å². The molecular weight excluding hydrogens is 306 g/mol. The maximum atomic E-state index is 12.3. The van der Waals surface area contributed by atoms with E-state index in [4.69, 9.17) is 10.5 Å². The molecule has 1 aromatic rings. The highest BCUT2D eigenvalue weighted by Gasteiger charge is 2.38. The van der Waals surface area contributed by atoms with Crippen molar-refractivity contribution in [2.45, 2.75) is 32.4 Å². The number of rotatable bonds is 7. The molecule has 2 rings (SSSR count). The lowest BCUT2D eigenvalue weighted by Crippen LogP contribution is -2.48. The third kappa shape index (κ3) is 4.62. The fraction of sp³-hybridized carbons (Fsp3) is 0.562. The second-order valence-electron chi connectivity index (χ2n) is 5.81. The van der Waals surface area contributed by atoms with Gasteiger partial charge in [-0.15, -0.1) is 0 Å². The molecule has 0 aliphatic carbocycles. The summed E-state index contributed by atoms with van der Waals surface area (Å²) >= 11 is 0. The van der Waals surface area contributed by atoms with Crippen LogP contribution in [-0.4, -0.2) is 32.3 Å². The van der Waals surface area contributed by atoms with Crippen LogP contribution in [0.3, 0.4) is 0 Å². The minimum absolute atomic E-state index is 0.113. The highest BCUT2D eigenvalue weighted by atomic mass is 19.3. The molecule has 0 spiro atoms. The summed E-state index contributed by atoms with van der Waals surface area (Å²) in [5, 5.41) is 3.27. The minimum atomic E-state index is -2.85. The molecule has 0 saturated carbocycles. The summed E-state index contributed by atoms with van der Waals surface area (Å²) in [6.07, 6.45) is 1.16. The normalized spacial score (nSPS) is 18.6. The Balaban J connectivity index is 2.00. The van der Waals surface area contributed by atoms with E-state index in [1.54, 1.807) is 12.1 Å². The molecule has 1 aliphatic heterocycles. The van der Waals surface area contributed by atoms with Gasteiger partial charge in [0.2, 0.25) is 5.91 Å². The molecule has 7 heteroatoms. The van der Waals surface area contributed by atoms with Gasteiger partial charge in [-0.3, -0.25) is 4.79 Å². The molecule has 1 amide bonds. The van der Waals surface area contributed by atoms with E-state index in [0.29, 0.717) is 32.6 Å². The molecule has 3 N–H and O–H groups in total. The Morgan fingerprint density at radius 1 is 1.43 bits per heavy atom. The first-order valence-electron chi connectivity index (χ1n) is 7.59. The number of nitrogens with one attached hydrogen (secondary N) is 1. The lowest BCUT2D eigenvalue weighted by Gasteiger charge is -2.35. The summed E-state index contributed by atoms with van der Waals surface area (Å²) in [5.41, 5.74) is 5.75. The van der Waals surface area contributed by atoms with Gasteiger partial charge in [0.05, 0.1) is 5.41 Å². The number of carbonyl (C=O) groups excluding carboxylic acids is 1. The summed E-state index contributed by atoms with van der Waals surface area (Å²) in [5.74, 6) is -0.225. The molecule has 1 aliphatic rings. The van der Waals surface area contributed by atoms with Crippen molar-refractivity contribution in [1.29, 1.82) is 0 Å². The van der Waals surface area contributed by atoms with Gasteiger partial charge in [0, 0.05) is 25.8 Å². The molecule has 0 radical (unpaired) electrons. The largest absolute Gasteiger partial charge is 0.435 e. The number of amides is 1. The number of ether oxygens (including phenoxy) is 2. The Morgan fingerprint density at radius 2 is 2.13 bits per heavy atom. The molecule has 1 aromatic carbocycles. The van der Waals surface area contributed by atoms with E-state index in [1.165, 1.54) is 6.07 Å². The number of benzene rings is 1. The maximum absolute atomic E-state index is 12.3. The average Bonchev–Trinajstić information content (AvgIpc) is 2.53. The molecule has 5 nitrogen and oxygen atoms in total. The number of alkyl halides is 2. The molecule has 0 unspecified atom stereocenters. The minimum Gasteiger partial charge on any atom is -0.435 e. The van der Waals surface area contributed by atoms with E-state index in [9.17, 15) is 13.6 Å². The van der Waals surface area contributed by atoms with Crippen LogP contribution < -0.4 is 15.8 Å². The molecule has 1 fully saturated rings. The zero-order valence-electron chi connectivity index (χ0n) is 13.1. The lowest BCUT2D eigenvalue weighted by atomic mass is 9.79. The smallest absolute Gasteiger partial charge is 0.387 e. The van der Waals surface area contributed by atoms with E-state index < -0.39 is 12.0 Å². The Labute approximate surface area is 134 Å². The Hall–Kier alpha value is -1.73. The fourth-order valence-corrected chi connectivity index (χ4v) is 2.70. The summed E-state index contributed by atoms with van der Waals surface area (Å²) in [4.78, 5) is 11.8. The first-order valence-corrected chi connectivity index (χ1v) is 7.59. The first kappa shape index (κ1) is 17.6. The van der Waals surface area contributed by atoms with Gasteiger partial charge in [0.15, 0.2) is 0 Å². The molecule has 0 aromatic heterocycles. The third-order valence-corrected chi connectivity index (χ3v) is 4.30. The van der Waals surface area contributed by atoms with Crippen LogP contribution in [0.25, 0.3) is 0 Å². The first-order chi connectivity index (χ1) is 10.9. The number of hydrogen-bond donors (Lipinski definition) is 2. The van der Waals surface area contributed by atoms with Crippen molar-refractivity contribution in [1.82, 2.24) is 5.32 Å². The maximum Gasteiger partial charge on any atom is 0.387 e. The summed E-state index contributed by atoms with van der Waals surface area (Å²) in [6, 6.07) is 6.38. The Bertz CT molecular complexity index is 534. The highest BCUT2D eigenvalue weighted by molar-refractivity contribution is 5.81. The van der Waals surface area contributed by atoms with E-state index in [0.717, 1.165) is 5.56 Å². The molecule has 1 heterocycles. The third-order valence-electron chi connectivity index (χ3n) is 4.30. The van der Waals surface area contributed by atoms with Crippen molar-refractivity contribution in [2.75, 3.05) is 19.8 Å². The van der Waals surface area contributed by atoms with Crippen molar-refractivity contribution >= 4 is 5.91 Å². The number of carbonyl (C=O) groups is 1. The van der Waals surface area contributed by atoms with Crippen molar-refractivity contribution in [3.8, 4) is 5.75 Å². The number of halogens is 2. The second-order valence-corrected chi connectivity index (χ2v) is 5.81. The zero-order chi connectivity index (χ0) is 16.9. The average molecular weight is 328 g/mol. The van der Waals surface area contributed by atoms with Crippen LogP contribution in [0.4, 0.5) is 8.78 Å². The summed E-state index contributed by atoms with van der Waals surface area (Å²) in [7, 11) is 0. The monoisotopic (exact) mass is 328 g/mol. The van der Waals surface area contributed by atoms with E-state index in [2.05, 4.69) is 10.1 Å². The van der Waals surface area contributed by atoms with Gasteiger partial charge >= 0.3 is 6.61 Å². The predicted molar refractivity (Wildman–Crippen MR) is 81.2 cm³/mol. The quantitative estimate of drug-likeness (QED) is 0.805. The van der Waals surface area contributed by atoms with Gasteiger partial charge in [0.1, 0.15) is 5.75 Å². The molecule has 1 saturated heterocycles. The summed E-state index contributed by atoms with van der Waals surface area (Å²) < 4.78 is 34.3. The van der Waals surface area contributed by atoms with Crippen molar-refractivity contribution in [2.24, 2.45) is 11.1 Å². The van der Waals surface area contributed by atoms with Crippen molar-refractivity contribution < 1.29 is 23.0 Å². The van der Waals surface area contributed by atoms with Crippen molar-refractivity contribution in [3.63, 3.8) is 0 Å². The van der Waals surface area contributed by atoms with Crippen LogP contribution in [0.1, 0.15) is 31.4 Å². The van der Waals surface area contributed by atoms with E-state index >= 15 is 0 Å². The fourth-order valence-electron chi connectivity index (χ4n) is 2.70. The van der Waals surface area contributed by atoms with E-state index in [1.807, 2.05) is 13.0 Å². The van der Waals surface area contributed by atoms with E-state index in [-0.39, 0.29) is 17.7 Å². The number of primary amides is 1. The summed E-state index contributed by atoms with van der Waals surface area (Å²) in [6.45, 7) is 0.490. The van der Waals surface area contributed by atoms with Crippen LogP contribution in [0.2, 0.25) is 0 Å². The van der Waals surface area contributed by atoms with Gasteiger partial charge in [0.25, 0.3) is 0 Å². The topological polar surface area (TPSA) is 73.6 Å². The zero-order valence-corrected chi connectivity index (χ0v) is 13.1. The highest BCUT2D eigenvalue weighted by Crippen LogP contribution is 2.30. The standard InChI is InChI=1S/C16H22F2N2O3/c1-11(12-3-2-4-13(9-12)23-15(17)18)20-10-16(14(19)21)5-7-22-8-6-16/h2-4,9,11,15,20H,5-8,10H2,1H3,(H2,19,21)/t11-/m1/s1.